The van der Waals surface area contributed by atoms with Crippen LogP contribution < -0.4 is 5.73 Å². The van der Waals surface area contributed by atoms with E-state index in [4.69, 9.17) is 19.7 Å². The molecule has 0 bridgehead atoms. The number of nitrogens with two attached hydrogens (primary N) is 1. The number of piperidine rings is 1. The van der Waals surface area contributed by atoms with E-state index in [1.54, 1.807) is 6.20 Å². The Kier molecular flexibility index (Phi) is 9.30. The molecule has 0 aliphatic carbocycles. The molecule has 208 valence electrons. The van der Waals surface area contributed by atoms with E-state index in [-0.39, 0.29) is 24.2 Å². The van der Waals surface area contributed by atoms with Gasteiger partial charge in [0.25, 0.3) is 0 Å². The smallest absolute Gasteiger partial charge is 0.220 e. The van der Waals surface area contributed by atoms with Crippen LogP contribution in [0, 0.1) is 29.6 Å². The summed E-state index contributed by atoms with van der Waals surface area (Å²) in [7, 11) is 0. The number of hydrogen-bond donors (Lipinski definition) is 1. The highest BCUT2D eigenvalue weighted by atomic mass is 16.7. The standard InChI is InChI=1S/C31H35N5O4/c1-23(39-29-8-4-6-20-38-29)31-33-15-19-36(31)22-27-21-28(40-34-27)25-11-9-24(10-12-25)7-3-2-5-16-35-17-13-26(14-18-35)30(32)37/h9-12,15,19,21,23,26,29H,4,6,8,13-14,16-18,20,22H2,1H3,(H2,32,37)/t23-,29?/m0/s1. The molecule has 9 nitrogen and oxygen atoms in total. The van der Waals surface area contributed by atoms with E-state index in [1.165, 1.54) is 0 Å². The van der Waals surface area contributed by atoms with Crippen molar-refractivity contribution in [2.75, 3.05) is 26.2 Å². The molecular formula is C31H35N5O4. The van der Waals surface area contributed by atoms with Crippen LogP contribution >= 0.6 is 0 Å². The van der Waals surface area contributed by atoms with Crippen molar-refractivity contribution >= 4 is 5.91 Å². The van der Waals surface area contributed by atoms with Gasteiger partial charge in [-0.05, 0) is 88.2 Å². The third-order valence-electron chi connectivity index (χ3n) is 7.32. The number of likely N-dealkylation sites (tertiary alicyclic amines) is 1. The van der Waals surface area contributed by atoms with Gasteiger partial charge in [0.1, 0.15) is 17.6 Å². The number of aromatic nitrogens is 3. The summed E-state index contributed by atoms with van der Waals surface area (Å²) >= 11 is 0. The maximum atomic E-state index is 11.3. The lowest BCUT2D eigenvalue weighted by Gasteiger charge is -2.28. The average molecular weight is 542 g/mol. The van der Waals surface area contributed by atoms with E-state index in [0.29, 0.717) is 18.8 Å². The SMILES string of the molecule is C[C@H](OC1CCCCO1)c1nccn1Cc1cc(-c2ccc(C#CC#CCN3CCC(C(N)=O)CC3)cc2)on1. The molecule has 5 rings (SSSR count). The van der Waals surface area contributed by atoms with Crippen LogP contribution in [0.5, 0.6) is 0 Å². The van der Waals surface area contributed by atoms with E-state index in [0.717, 1.165) is 74.4 Å². The number of nitrogens with zero attached hydrogens (tertiary/aromatic N) is 4. The van der Waals surface area contributed by atoms with Crippen LogP contribution in [0.4, 0.5) is 0 Å². The van der Waals surface area contributed by atoms with Crippen LogP contribution in [-0.4, -0.2) is 58.0 Å². The first-order valence-corrected chi connectivity index (χ1v) is 13.9. The Labute approximate surface area is 235 Å². The largest absolute Gasteiger partial charge is 0.369 e. The fraction of sp³-hybridized carbons (Fsp3) is 0.452. The van der Waals surface area contributed by atoms with Crippen molar-refractivity contribution in [2.24, 2.45) is 11.7 Å². The van der Waals surface area contributed by atoms with Crippen molar-refractivity contribution in [3.63, 3.8) is 0 Å². The Morgan fingerprint density at radius 3 is 2.75 bits per heavy atom. The van der Waals surface area contributed by atoms with E-state index in [9.17, 15) is 4.79 Å². The molecule has 1 aromatic carbocycles. The molecule has 2 aromatic heterocycles. The molecule has 9 heteroatoms. The number of rotatable bonds is 8. The molecule has 0 spiro atoms. The fourth-order valence-electron chi connectivity index (χ4n) is 5.01. The Morgan fingerprint density at radius 1 is 1.18 bits per heavy atom. The van der Waals surface area contributed by atoms with Crippen LogP contribution in [0.15, 0.2) is 47.2 Å². The Bertz CT molecular complexity index is 1390. The number of carbonyl (C=O) groups is 1. The minimum atomic E-state index is -0.198. The molecule has 40 heavy (non-hydrogen) atoms. The van der Waals surface area contributed by atoms with Crippen molar-refractivity contribution in [3.05, 3.63) is 59.8 Å². The summed E-state index contributed by atoms with van der Waals surface area (Å²) in [5.74, 6) is 13.4. The molecule has 2 fully saturated rings. The summed E-state index contributed by atoms with van der Waals surface area (Å²) in [6, 6.07) is 9.76. The zero-order valence-corrected chi connectivity index (χ0v) is 22.8. The van der Waals surface area contributed by atoms with Crippen LogP contribution in [0.25, 0.3) is 11.3 Å². The maximum absolute atomic E-state index is 11.3. The van der Waals surface area contributed by atoms with Crippen LogP contribution in [0.2, 0.25) is 0 Å². The molecule has 2 atom stereocenters. The van der Waals surface area contributed by atoms with Crippen molar-refractivity contribution in [1.29, 1.82) is 0 Å². The molecule has 3 aromatic rings. The van der Waals surface area contributed by atoms with E-state index in [2.05, 4.69) is 38.7 Å². The van der Waals surface area contributed by atoms with E-state index < -0.39 is 0 Å². The average Bonchev–Trinajstić information content (AvgIpc) is 3.64. The molecule has 2 saturated heterocycles. The van der Waals surface area contributed by atoms with Gasteiger partial charge in [0.2, 0.25) is 5.91 Å². The van der Waals surface area contributed by atoms with Gasteiger partial charge in [-0.3, -0.25) is 9.69 Å². The second kappa shape index (κ2) is 13.5. The lowest BCUT2D eigenvalue weighted by Crippen LogP contribution is -2.38. The Hall–Kier alpha value is -3.89. The molecule has 0 saturated carbocycles. The maximum Gasteiger partial charge on any atom is 0.220 e. The minimum Gasteiger partial charge on any atom is -0.369 e. The van der Waals surface area contributed by atoms with Crippen LogP contribution in [0.3, 0.4) is 0 Å². The molecule has 1 unspecified atom stereocenters. The van der Waals surface area contributed by atoms with Gasteiger partial charge < -0.3 is 24.3 Å². The molecule has 4 heterocycles. The van der Waals surface area contributed by atoms with Gasteiger partial charge in [0.15, 0.2) is 12.1 Å². The number of benzene rings is 1. The third-order valence-corrected chi connectivity index (χ3v) is 7.32. The first-order chi connectivity index (χ1) is 19.5. The van der Waals surface area contributed by atoms with Crippen molar-refractivity contribution in [3.8, 4) is 35.0 Å². The van der Waals surface area contributed by atoms with Gasteiger partial charge in [-0.2, -0.15) is 0 Å². The molecule has 2 aliphatic rings. The van der Waals surface area contributed by atoms with Gasteiger partial charge in [-0.25, -0.2) is 4.98 Å². The first-order valence-electron chi connectivity index (χ1n) is 13.9. The number of carbonyl (C=O) groups excluding carboxylic acids is 1. The topological polar surface area (TPSA) is 109 Å². The molecule has 1 amide bonds. The monoisotopic (exact) mass is 541 g/mol. The van der Waals surface area contributed by atoms with E-state index >= 15 is 0 Å². The Morgan fingerprint density at radius 2 is 2.00 bits per heavy atom. The molecule has 2 aliphatic heterocycles. The highest BCUT2D eigenvalue weighted by molar-refractivity contribution is 5.76. The molecule has 0 radical (unpaired) electrons. The van der Waals surface area contributed by atoms with Crippen LogP contribution in [0.1, 0.15) is 62.2 Å². The highest BCUT2D eigenvalue weighted by Crippen LogP contribution is 2.25. The lowest BCUT2D eigenvalue weighted by molar-refractivity contribution is -0.188. The number of hydrogen-bond acceptors (Lipinski definition) is 7. The van der Waals surface area contributed by atoms with Gasteiger partial charge in [0.05, 0.1) is 13.1 Å². The minimum absolute atomic E-state index is 0.00409. The second-order valence-electron chi connectivity index (χ2n) is 10.3. The van der Waals surface area contributed by atoms with Gasteiger partial charge in [-0.15, -0.1) is 0 Å². The summed E-state index contributed by atoms with van der Waals surface area (Å²) in [5, 5.41) is 4.27. The van der Waals surface area contributed by atoms with E-state index in [1.807, 2.05) is 48.0 Å². The van der Waals surface area contributed by atoms with Crippen molar-refractivity contribution in [1.82, 2.24) is 19.6 Å². The number of amides is 1. The number of primary amides is 1. The summed E-state index contributed by atoms with van der Waals surface area (Å²) in [5.41, 5.74) is 7.99. The third kappa shape index (κ3) is 7.40. The summed E-state index contributed by atoms with van der Waals surface area (Å²) in [6.07, 6.45) is 8.06. The molecular weight excluding hydrogens is 506 g/mol. The van der Waals surface area contributed by atoms with Crippen molar-refractivity contribution < 1.29 is 18.8 Å². The van der Waals surface area contributed by atoms with Gasteiger partial charge >= 0.3 is 0 Å². The fourth-order valence-corrected chi connectivity index (χ4v) is 5.01. The predicted octanol–water partition coefficient (Wildman–Crippen LogP) is 3.74. The lowest BCUT2D eigenvalue weighted by atomic mass is 9.96. The van der Waals surface area contributed by atoms with Crippen molar-refractivity contribution in [2.45, 2.75) is 58.0 Å². The van der Waals surface area contributed by atoms with Crippen LogP contribution in [-0.2, 0) is 20.8 Å². The normalized spacial score (nSPS) is 18.8. The summed E-state index contributed by atoms with van der Waals surface area (Å²) in [6.45, 7) is 5.60. The quantitative estimate of drug-likeness (QED) is 0.433. The summed E-state index contributed by atoms with van der Waals surface area (Å²) in [4.78, 5) is 18.0. The van der Waals surface area contributed by atoms with Gasteiger partial charge in [0, 0.05) is 42.1 Å². The first kappa shape index (κ1) is 27.7. The number of imidazole rings is 1. The second-order valence-corrected chi connectivity index (χ2v) is 10.3. The zero-order chi connectivity index (χ0) is 27.7. The van der Waals surface area contributed by atoms with Gasteiger partial charge in [-0.1, -0.05) is 17.0 Å². The highest BCUT2D eigenvalue weighted by Gasteiger charge is 2.23. The number of ether oxygens (including phenoxy) is 2. The summed E-state index contributed by atoms with van der Waals surface area (Å²) < 4.78 is 19.5. The zero-order valence-electron chi connectivity index (χ0n) is 22.8. The molecule has 2 N–H and O–H groups in total. The Balaban J connectivity index is 1.12. The predicted molar refractivity (Wildman–Crippen MR) is 149 cm³/mol.